The molecule has 1 aromatic carbocycles. The van der Waals surface area contributed by atoms with Crippen LogP contribution in [0.2, 0.25) is 0 Å². The normalized spacial score (nSPS) is 16.4. The minimum absolute atomic E-state index is 0.139. The Labute approximate surface area is 206 Å². The maximum absolute atomic E-state index is 14.6. The average molecular weight is 493 g/mol. The number of halogens is 2. The third-order valence-corrected chi connectivity index (χ3v) is 6.48. The molecule has 0 aliphatic carbocycles. The lowest BCUT2D eigenvalue weighted by Gasteiger charge is -2.27. The number of amides is 1. The van der Waals surface area contributed by atoms with Gasteiger partial charge in [-0.1, -0.05) is 0 Å². The van der Waals surface area contributed by atoms with Crippen LogP contribution in [0.5, 0.6) is 0 Å². The number of likely N-dealkylation sites (N-methyl/N-ethyl adjacent to an activating group) is 1. The Morgan fingerprint density at radius 3 is 2.83 bits per heavy atom. The molecule has 1 saturated heterocycles. The Bertz CT molecular complexity index is 1380. The molecule has 36 heavy (non-hydrogen) atoms. The van der Waals surface area contributed by atoms with Crippen LogP contribution in [0.15, 0.2) is 55.1 Å². The summed E-state index contributed by atoms with van der Waals surface area (Å²) in [5.41, 5.74) is 1.28. The van der Waals surface area contributed by atoms with E-state index in [1.807, 2.05) is 4.90 Å². The molecular formula is C25H26F2N8O. The zero-order chi connectivity index (χ0) is 25.2. The number of nitrogens with one attached hydrogen (secondary N) is 1. The molecule has 1 aliphatic rings. The lowest BCUT2D eigenvalue weighted by atomic mass is 10.0. The summed E-state index contributed by atoms with van der Waals surface area (Å²) in [6, 6.07) is 6.22. The molecule has 5 rings (SSSR count). The van der Waals surface area contributed by atoms with E-state index in [9.17, 15) is 13.6 Å². The highest BCUT2D eigenvalue weighted by molar-refractivity contribution is 5.99. The molecular weight excluding hydrogens is 466 g/mol. The largest absolute Gasteiger partial charge is 0.349 e. The second-order valence-corrected chi connectivity index (χ2v) is 8.70. The topological polar surface area (TPSA) is 91.5 Å². The van der Waals surface area contributed by atoms with Gasteiger partial charge in [-0.3, -0.25) is 9.69 Å². The maximum Gasteiger partial charge on any atom is 0.244 e. The summed E-state index contributed by atoms with van der Waals surface area (Å²) in [6.45, 7) is 2.55. The monoisotopic (exact) mass is 492 g/mol. The summed E-state index contributed by atoms with van der Waals surface area (Å²) in [6.07, 6.45) is 8.07. The van der Waals surface area contributed by atoms with Crippen molar-refractivity contribution in [2.75, 3.05) is 23.4 Å². The van der Waals surface area contributed by atoms with Crippen molar-refractivity contribution in [1.29, 1.82) is 0 Å². The summed E-state index contributed by atoms with van der Waals surface area (Å²) in [7, 11) is 1.71. The van der Waals surface area contributed by atoms with Crippen LogP contribution in [0, 0.1) is 11.6 Å². The predicted octanol–water partition coefficient (Wildman–Crippen LogP) is 3.28. The number of carbonyl (C=O) groups is 1. The summed E-state index contributed by atoms with van der Waals surface area (Å²) >= 11 is 0. The van der Waals surface area contributed by atoms with Gasteiger partial charge >= 0.3 is 0 Å². The van der Waals surface area contributed by atoms with Crippen LogP contribution in [0.3, 0.4) is 0 Å². The van der Waals surface area contributed by atoms with E-state index < -0.39 is 17.7 Å². The smallest absolute Gasteiger partial charge is 0.244 e. The van der Waals surface area contributed by atoms with Gasteiger partial charge in [0.15, 0.2) is 5.65 Å². The van der Waals surface area contributed by atoms with Gasteiger partial charge < -0.3 is 10.2 Å². The van der Waals surface area contributed by atoms with Crippen molar-refractivity contribution >= 4 is 23.1 Å². The van der Waals surface area contributed by atoms with Gasteiger partial charge in [0.1, 0.15) is 29.0 Å². The molecule has 1 N–H and O–H groups in total. The van der Waals surface area contributed by atoms with Crippen molar-refractivity contribution in [3.05, 3.63) is 78.1 Å². The van der Waals surface area contributed by atoms with Gasteiger partial charge in [0.2, 0.25) is 5.91 Å². The van der Waals surface area contributed by atoms with Crippen LogP contribution in [0.1, 0.15) is 37.2 Å². The fourth-order valence-electron chi connectivity index (χ4n) is 4.52. The molecule has 1 amide bonds. The van der Waals surface area contributed by atoms with E-state index in [0.29, 0.717) is 41.5 Å². The third kappa shape index (κ3) is 4.49. The van der Waals surface area contributed by atoms with Crippen LogP contribution in [-0.4, -0.2) is 50.1 Å². The van der Waals surface area contributed by atoms with Gasteiger partial charge in [-0.15, -0.1) is 0 Å². The molecule has 1 fully saturated rings. The van der Waals surface area contributed by atoms with Gasteiger partial charge in [-0.05, 0) is 57.1 Å². The lowest BCUT2D eigenvalue weighted by Crippen LogP contribution is -2.43. The van der Waals surface area contributed by atoms with Crippen molar-refractivity contribution in [2.45, 2.75) is 38.4 Å². The van der Waals surface area contributed by atoms with Gasteiger partial charge in [-0.2, -0.15) is 5.10 Å². The number of hydrogen-bond donors (Lipinski definition) is 1. The van der Waals surface area contributed by atoms with Crippen LogP contribution in [0.4, 0.5) is 20.3 Å². The number of fused-ring (bicyclic) bond motifs is 1. The fourth-order valence-corrected chi connectivity index (χ4v) is 4.52. The molecule has 4 heterocycles. The van der Waals surface area contributed by atoms with Crippen molar-refractivity contribution in [3.8, 4) is 0 Å². The number of carbonyl (C=O) groups excluding carboxylic acids is 1. The number of benzene rings is 1. The van der Waals surface area contributed by atoms with E-state index in [1.54, 1.807) is 60.3 Å². The molecule has 3 aromatic heterocycles. The van der Waals surface area contributed by atoms with E-state index in [0.717, 1.165) is 18.6 Å². The second-order valence-electron chi connectivity index (χ2n) is 8.70. The first-order valence-corrected chi connectivity index (χ1v) is 11.8. The molecule has 9 nitrogen and oxygen atoms in total. The average Bonchev–Trinajstić information content (AvgIpc) is 3.55. The molecule has 1 aliphatic heterocycles. The van der Waals surface area contributed by atoms with Gasteiger partial charge in [-0.25, -0.2) is 28.2 Å². The standard InChI is InChI=1S/C25H26F2N8O/c1-16(28-2)25(36)34(15-22-29-9-4-10-30-22)21-14-31-35-12-8-23(32-24(21)35)33-11-3-5-20(33)18-13-17(26)6-7-19(18)27/h4,6-10,12-14,16,20,28H,3,5,11,15H2,1-2H3. The molecule has 0 saturated carbocycles. The SMILES string of the molecule is CNC(C)C(=O)N(Cc1ncccn1)c1cnn2ccc(N3CCCC3c3cc(F)ccc3F)nc12. The van der Waals surface area contributed by atoms with E-state index in [1.165, 1.54) is 6.07 Å². The molecule has 4 aromatic rings. The molecule has 11 heteroatoms. The number of hydrogen-bond acceptors (Lipinski definition) is 7. The lowest BCUT2D eigenvalue weighted by molar-refractivity contribution is -0.120. The Morgan fingerprint density at radius 2 is 2.06 bits per heavy atom. The quantitative estimate of drug-likeness (QED) is 0.423. The second kappa shape index (κ2) is 9.94. The van der Waals surface area contributed by atoms with E-state index >= 15 is 0 Å². The fraction of sp³-hybridized carbons (Fsp3) is 0.320. The highest BCUT2D eigenvalue weighted by Gasteiger charge is 2.31. The minimum atomic E-state index is -0.476. The van der Waals surface area contributed by atoms with Gasteiger partial charge in [0.25, 0.3) is 0 Å². The first-order valence-electron chi connectivity index (χ1n) is 11.8. The highest BCUT2D eigenvalue weighted by Crippen LogP contribution is 2.37. The van der Waals surface area contributed by atoms with Crippen LogP contribution in [-0.2, 0) is 11.3 Å². The zero-order valence-corrected chi connectivity index (χ0v) is 20.0. The number of aromatic nitrogens is 5. The molecule has 0 spiro atoms. The van der Waals surface area contributed by atoms with Crippen molar-refractivity contribution in [2.24, 2.45) is 0 Å². The van der Waals surface area contributed by atoms with Crippen LogP contribution in [0.25, 0.3) is 5.65 Å². The Morgan fingerprint density at radius 1 is 1.25 bits per heavy atom. The molecule has 0 bridgehead atoms. The summed E-state index contributed by atoms with van der Waals surface area (Å²) < 4.78 is 30.1. The number of rotatable bonds is 7. The first-order chi connectivity index (χ1) is 17.5. The third-order valence-electron chi connectivity index (χ3n) is 6.48. The Hall–Kier alpha value is -3.99. The van der Waals surface area contributed by atoms with Crippen molar-refractivity contribution < 1.29 is 13.6 Å². The molecule has 186 valence electrons. The zero-order valence-electron chi connectivity index (χ0n) is 20.0. The summed E-state index contributed by atoms with van der Waals surface area (Å²) in [5, 5.41) is 7.37. The Kier molecular flexibility index (Phi) is 6.55. The van der Waals surface area contributed by atoms with Gasteiger partial charge in [0, 0.05) is 30.7 Å². The minimum Gasteiger partial charge on any atom is -0.349 e. The first kappa shape index (κ1) is 23.7. The predicted molar refractivity (Wildman–Crippen MR) is 130 cm³/mol. The van der Waals surface area contributed by atoms with E-state index in [4.69, 9.17) is 4.98 Å². The highest BCUT2D eigenvalue weighted by atomic mass is 19.1. The van der Waals surface area contributed by atoms with Crippen LogP contribution < -0.4 is 15.1 Å². The molecule has 2 unspecified atom stereocenters. The maximum atomic E-state index is 14.6. The summed E-state index contributed by atoms with van der Waals surface area (Å²) in [4.78, 5) is 30.2. The van der Waals surface area contributed by atoms with Gasteiger partial charge in [0.05, 0.1) is 24.8 Å². The Balaban J connectivity index is 1.54. The molecule has 0 radical (unpaired) electrons. The van der Waals surface area contributed by atoms with E-state index in [-0.39, 0.29) is 18.5 Å². The summed E-state index contributed by atoms with van der Waals surface area (Å²) in [5.74, 6) is -0.0324. The number of anilines is 2. The van der Waals surface area contributed by atoms with Crippen molar-refractivity contribution in [1.82, 2.24) is 29.9 Å². The molecule has 2 atom stereocenters. The number of nitrogens with zero attached hydrogens (tertiary/aromatic N) is 7. The van der Waals surface area contributed by atoms with E-state index in [2.05, 4.69) is 20.4 Å². The van der Waals surface area contributed by atoms with Crippen molar-refractivity contribution in [3.63, 3.8) is 0 Å². The van der Waals surface area contributed by atoms with Crippen LogP contribution >= 0.6 is 0 Å².